The average molecular weight is 511 g/mol. The molecule has 162 valence electrons. The van der Waals surface area contributed by atoms with Gasteiger partial charge in [0, 0.05) is 29.3 Å². The van der Waals surface area contributed by atoms with E-state index >= 15 is 0 Å². The van der Waals surface area contributed by atoms with Crippen LogP contribution in [0, 0.1) is 5.82 Å². The molecule has 1 amide bonds. The van der Waals surface area contributed by atoms with Gasteiger partial charge in [-0.05, 0) is 34.1 Å². The monoisotopic (exact) mass is 510 g/mol. The van der Waals surface area contributed by atoms with Crippen LogP contribution < -0.4 is 9.46 Å². The zero-order chi connectivity index (χ0) is 22.3. The number of nitrogens with one attached hydrogen (secondary N) is 1. The number of benzene rings is 1. The summed E-state index contributed by atoms with van der Waals surface area (Å²) in [6.45, 7) is 0.243. The van der Waals surface area contributed by atoms with E-state index < -0.39 is 29.2 Å². The van der Waals surface area contributed by atoms with Gasteiger partial charge in [-0.1, -0.05) is 4.31 Å². The lowest BCUT2D eigenvalue weighted by Crippen LogP contribution is -2.36. The quantitative estimate of drug-likeness (QED) is 0.400. The number of nitrogens with zero attached hydrogens (tertiary/aromatic N) is 3. The molecule has 9 nitrogen and oxygen atoms in total. The van der Waals surface area contributed by atoms with Gasteiger partial charge in [-0.25, -0.2) is 14.2 Å². The Morgan fingerprint density at radius 2 is 2.23 bits per heavy atom. The molecular formula is C19H16BrFN4O5S. The topological polar surface area (TPSA) is 109 Å². The third kappa shape index (κ3) is 3.82. The molecule has 1 aliphatic heterocycles. The van der Waals surface area contributed by atoms with Gasteiger partial charge in [0.2, 0.25) is 17.3 Å². The van der Waals surface area contributed by atoms with Crippen molar-refractivity contribution < 1.29 is 28.0 Å². The third-order valence-corrected chi connectivity index (χ3v) is 6.24. The van der Waals surface area contributed by atoms with Crippen molar-refractivity contribution in [2.24, 2.45) is 7.05 Å². The number of cyclic esters (lactones) is 1. The van der Waals surface area contributed by atoms with E-state index in [2.05, 4.69) is 25.6 Å². The molecule has 1 fully saturated rings. The van der Waals surface area contributed by atoms with Gasteiger partial charge in [0.15, 0.2) is 5.75 Å². The molecular weight excluding hydrogens is 495 g/mol. The van der Waals surface area contributed by atoms with Crippen molar-refractivity contribution in [2.75, 3.05) is 25.0 Å². The van der Waals surface area contributed by atoms with Gasteiger partial charge in [0.25, 0.3) is 0 Å². The Morgan fingerprint density at radius 3 is 2.90 bits per heavy atom. The maximum Gasteiger partial charge on any atom is 0.453 e. The van der Waals surface area contributed by atoms with Crippen molar-refractivity contribution >= 4 is 56.1 Å². The van der Waals surface area contributed by atoms with Gasteiger partial charge >= 0.3 is 6.09 Å². The lowest BCUT2D eigenvalue weighted by molar-refractivity contribution is 0.103. The second kappa shape index (κ2) is 8.36. The summed E-state index contributed by atoms with van der Waals surface area (Å²) in [5, 5.41) is 0.532. The number of aryl methyl sites for hydroxylation is 1. The van der Waals surface area contributed by atoms with Crippen LogP contribution in [0.25, 0.3) is 11.0 Å². The lowest BCUT2D eigenvalue weighted by Gasteiger charge is -2.19. The van der Waals surface area contributed by atoms with Crippen LogP contribution in [0.2, 0.25) is 0 Å². The molecule has 1 atom stereocenters. The first-order valence-electron chi connectivity index (χ1n) is 8.96. The molecule has 0 radical (unpaired) electrons. The van der Waals surface area contributed by atoms with E-state index in [1.807, 2.05) is 0 Å². The Hall–Kier alpha value is -2.83. The van der Waals surface area contributed by atoms with Crippen molar-refractivity contribution in [3.8, 4) is 5.75 Å². The summed E-state index contributed by atoms with van der Waals surface area (Å²) in [6.07, 6.45) is 2.42. The van der Waals surface area contributed by atoms with Gasteiger partial charge in [-0.2, -0.15) is 4.72 Å². The average Bonchev–Trinajstić information content (AvgIpc) is 3.31. The number of fused-ring (bicyclic) bond motifs is 1. The number of anilines is 1. The summed E-state index contributed by atoms with van der Waals surface area (Å²) in [7, 11) is 2.99. The van der Waals surface area contributed by atoms with Crippen LogP contribution in [-0.2, 0) is 23.3 Å². The summed E-state index contributed by atoms with van der Waals surface area (Å²) in [4.78, 5) is 29.3. The molecule has 0 saturated carbocycles. The first-order valence-corrected chi connectivity index (χ1v) is 10.9. The SMILES string of the molecule is COc1c(N[S+]([O-])N2CCOC2=O)ccc(F)c1C(=O)c1cn(C)c2ncc(Br)cc12. The highest BCUT2D eigenvalue weighted by Crippen LogP contribution is 2.35. The number of hydrogen-bond acceptors (Lipinski definition) is 7. The maximum atomic E-state index is 14.8. The van der Waals surface area contributed by atoms with E-state index in [9.17, 15) is 18.5 Å². The molecule has 1 aromatic carbocycles. The fraction of sp³-hybridized carbons (Fsp3) is 0.211. The Labute approximate surface area is 187 Å². The van der Waals surface area contributed by atoms with Crippen LogP contribution in [0.4, 0.5) is 14.9 Å². The molecule has 31 heavy (non-hydrogen) atoms. The third-order valence-electron chi connectivity index (χ3n) is 4.68. The second-order valence-electron chi connectivity index (χ2n) is 6.58. The minimum Gasteiger partial charge on any atom is -0.568 e. The first kappa shape index (κ1) is 21.4. The Kier molecular flexibility index (Phi) is 5.77. The highest BCUT2D eigenvalue weighted by molar-refractivity contribution is 9.10. The summed E-state index contributed by atoms with van der Waals surface area (Å²) in [6, 6.07) is 4.07. The Morgan fingerprint density at radius 1 is 1.45 bits per heavy atom. The van der Waals surface area contributed by atoms with E-state index in [4.69, 9.17) is 9.47 Å². The van der Waals surface area contributed by atoms with Crippen molar-refractivity contribution in [1.29, 1.82) is 0 Å². The van der Waals surface area contributed by atoms with E-state index in [-0.39, 0.29) is 35.7 Å². The molecule has 4 rings (SSSR count). The smallest absolute Gasteiger partial charge is 0.453 e. The standard InChI is InChI=1S/C19H16BrFN4O5S/c1-24-9-12(11-7-10(20)8-22-18(11)24)16(26)15-13(21)3-4-14(17(15)29-2)23-31(28)25-5-6-30-19(25)27/h3-4,7-9,23H,5-6H2,1-2H3. The Bertz CT molecular complexity index is 1200. The zero-order valence-electron chi connectivity index (χ0n) is 16.3. The highest BCUT2D eigenvalue weighted by Gasteiger charge is 2.35. The van der Waals surface area contributed by atoms with Gasteiger partial charge in [0.05, 0.1) is 12.7 Å². The summed E-state index contributed by atoms with van der Waals surface area (Å²) < 4.78 is 43.3. The number of amides is 1. The van der Waals surface area contributed by atoms with Crippen LogP contribution in [-0.4, -0.2) is 50.5 Å². The molecule has 12 heteroatoms. The van der Waals surface area contributed by atoms with Crippen molar-refractivity contribution in [2.45, 2.75) is 0 Å². The van der Waals surface area contributed by atoms with Crippen LogP contribution in [0.3, 0.4) is 0 Å². The number of ether oxygens (including phenoxy) is 2. The van der Waals surface area contributed by atoms with Crippen LogP contribution in [0.1, 0.15) is 15.9 Å². The zero-order valence-corrected chi connectivity index (χ0v) is 18.8. The minimum absolute atomic E-state index is 0.0878. The number of carbonyl (C=O) groups is 2. The molecule has 3 heterocycles. The largest absolute Gasteiger partial charge is 0.568 e. The normalized spacial score (nSPS) is 14.6. The molecule has 3 aromatic rings. The van der Waals surface area contributed by atoms with E-state index in [1.54, 1.807) is 30.1 Å². The van der Waals surface area contributed by atoms with Gasteiger partial charge in [-0.15, -0.1) is 0 Å². The van der Waals surface area contributed by atoms with Crippen LogP contribution >= 0.6 is 15.9 Å². The number of methoxy groups -OCH3 is 1. The summed E-state index contributed by atoms with van der Waals surface area (Å²) >= 11 is 1.32. The fourth-order valence-electron chi connectivity index (χ4n) is 3.29. The van der Waals surface area contributed by atoms with E-state index in [1.165, 1.54) is 13.2 Å². The number of halogens is 2. The van der Waals surface area contributed by atoms with E-state index in [0.717, 1.165) is 10.4 Å². The molecule has 1 unspecified atom stereocenters. The molecule has 0 aliphatic carbocycles. The number of carbonyl (C=O) groups excluding carboxylic acids is 2. The summed E-state index contributed by atoms with van der Waals surface area (Å²) in [5.41, 5.74) is 0.532. The minimum atomic E-state index is -2.01. The van der Waals surface area contributed by atoms with Gasteiger partial charge in [0.1, 0.15) is 35.9 Å². The van der Waals surface area contributed by atoms with Crippen molar-refractivity contribution in [3.63, 3.8) is 0 Å². The van der Waals surface area contributed by atoms with E-state index in [0.29, 0.717) is 15.5 Å². The number of hydrogen-bond donors (Lipinski definition) is 1. The fourth-order valence-corrected chi connectivity index (χ4v) is 4.51. The predicted octanol–water partition coefficient (Wildman–Crippen LogP) is 3.16. The molecule has 1 saturated heterocycles. The molecule has 0 bridgehead atoms. The lowest BCUT2D eigenvalue weighted by atomic mass is 10.0. The second-order valence-corrected chi connectivity index (χ2v) is 8.64. The van der Waals surface area contributed by atoms with Gasteiger partial charge < -0.3 is 18.6 Å². The van der Waals surface area contributed by atoms with Crippen molar-refractivity contribution in [1.82, 2.24) is 13.9 Å². The summed E-state index contributed by atoms with van der Waals surface area (Å²) in [5.74, 6) is -1.57. The number of aromatic nitrogens is 2. The van der Waals surface area contributed by atoms with Crippen LogP contribution in [0.15, 0.2) is 35.1 Å². The predicted molar refractivity (Wildman–Crippen MR) is 115 cm³/mol. The molecule has 2 aromatic heterocycles. The Balaban J connectivity index is 1.76. The number of rotatable bonds is 6. The van der Waals surface area contributed by atoms with Gasteiger partial charge in [-0.3, -0.25) is 4.79 Å². The number of ketones is 1. The molecule has 0 spiro atoms. The van der Waals surface area contributed by atoms with Crippen LogP contribution in [0.5, 0.6) is 5.75 Å². The maximum absolute atomic E-state index is 14.8. The van der Waals surface area contributed by atoms with Crippen molar-refractivity contribution in [3.05, 3.63) is 52.0 Å². The molecule has 1 aliphatic rings. The first-order chi connectivity index (χ1) is 14.8. The highest BCUT2D eigenvalue weighted by atomic mass is 79.9. The number of pyridine rings is 1. The molecule has 1 N–H and O–H groups in total.